The molecule has 0 unspecified atom stereocenters. The molecule has 0 radical (unpaired) electrons. The Hall–Kier alpha value is -5.12. The minimum atomic E-state index is 1.19. The molecule has 2 nitrogen and oxygen atoms in total. The topological polar surface area (TPSA) is 9.34 Å². The Morgan fingerprint density at radius 2 is 1.05 bits per heavy atom. The molecule has 0 atom stereocenters. The number of hydrogen-bond acceptors (Lipinski definition) is 1. The zero-order chi connectivity index (χ0) is 26.7. The van der Waals surface area contributed by atoms with Gasteiger partial charge >= 0.3 is 0 Å². The number of aromatic nitrogens is 2. The highest BCUT2D eigenvalue weighted by molar-refractivity contribution is 7.26. The van der Waals surface area contributed by atoms with E-state index in [1.807, 2.05) is 11.3 Å². The van der Waals surface area contributed by atoms with Crippen LogP contribution in [0.15, 0.2) is 133 Å². The molecule has 190 valence electrons. The number of fused-ring (bicyclic) bond motifs is 11. The normalized spacial score (nSPS) is 12.4. The van der Waals surface area contributed by atoms with Crippen molar-refractivity contribution in [3.63, 3.8) is 0 Å². The molecule has 0 aliphatic heterocycles. The van der Waals surface area contributed by atoms with Gasteiger partial charge in [-0.05, 0) is 59.7 Å². The fourth-order valence-corrected chi connectivity index (χ4v) is 8.32. The van der Waals surface area contributed by atoms with Crippen molar-refractivity contribution >= 4 is 80.6 Å². The summed E-state index contributed by atoms with van der Waals surface area (Å²) in [5.74, 6) is 0. The molecule has 0 amide bonds. The fraction of sp³-hybridized carbons (Fsp3) is 0. The second-order valence-electron chi connectivity index (χ2n) is 11.0. The van der Waals surface area contributed by atoms with Crippen LogP contribution in [0.4, 0.5) is 0 Å². The average Bonchev–Trinajstić information content (AvgIpc) is 3.75. The van der Waals surface area contributed by atoms with Crippen molar-refractivity contribution in [1.29, 1.82) is 0 Å². The number of hydrogen-bond donors (Lipinski definition) is 0. The minimum absolute atomic E-state index is 1.19. The summed E-state index contributed by atoms with van der Waals surface area (Å²) in [5, 5.41) is 7.89. The Morgan fingerprint density at radius 3 is 1.90 bits per heavy atom. The molecule has 0 aliphatic carbocycles. The number of thiophene rings is 1. The van der Waals surface area contributed by atoms with Crippen LogP contribution in [0.25, 0.3) is 86.1 Å². The van der Waals surface area contributed by atoms with E-state index < -0.39 is 0 Å². The van der Waals surface area contributed by atoms with Crippen LogP contribution in [0.2, 0.25) is 0 Å². The van der Waals surface area contributed by atoms with E-state index in [1.54, 1.807) is 0 Å². The second kappa shape index (κ2) is 7.75. The highest BCUT2D eigenvalue weighted by Gasteiger charge is 2.21. The van der Waals surface area contributed by atoms with Crippen molar-refractivity contribution in [3.8, 4) is 16.8 Å². The largest absolute Gasteiger partial charge is 0.309 e. The zero-order valence-corrected chi connectivity index (χ0v) is 22.8. The zero-order valence-electron chi connectivity index (χ0n) is 22.0. The molecule has 0 aliphatic rings. The van der Waals surface area contributed by atoms with Gasteiger partial charge in [-0.3, -0.25) is 0 Å². The van der Waals surface area contributed by atoms with Crippen LogP contribution in [0.1, 0.15) is 0 Å². The lowest BCUT2D eigenvalue weighted by Gasteiger charge is -2.08. The number of benzene rings is 6. The van der Waals surface area contributed by atoms with Crippen molar-refractivity contribution in [1.82, 2.24) is 8.97 Å². The van der Waals surface area contributed by atoms with Gasteiger partial charge in [0.2, 0.25) is 0 Å². The van der Waals surface area contributed by atoms with Crippen LogP contribution in [-0.2, 0) is 0 Å². The lowest BCUT2D eigenvalue weighted by Crippen LogP contribution is -1.92. The van der Waals surface area contributed by atoms with Gasteiger partial charge < -0.3 is 8.97 Å². The van der Waals surface area contributed by atoms with E-state index in [0.717, 1.165) is 0 Å². The van der Waals surface area contributed by atoms with Crippen LogP contribution in [-0.4, -0.2) is 8.97 Å². The van der Waals surface area contributed by atoms with E-state index >= 15 is 0 Å². The van der Waals surface area contributed by atoms with E-state index in [9.17, 15) is 0 Å². The molecule has 0 N–H and O–H groups in total. The van der Waals surface area contributed by atoms with Crippen molar-refractivity contribution in [3.05, 3.63) is 133 Å². The molecular formula is C38H22N2S. The summed E-state index contributed by atoms with van der Waals surface area (Å²) < 4.78 is 7.62. The quantitative estimate of drug-likeness (QED) is 0.207. The SMILES string of the molecule is c1ccc(-n2c3ccccc3c3cc(-c4ccc5c(c4)c4cccc6c7sc8ccccc8c7n5c46)ccc32)cc1. The highest BCUT2D eigenvalue weighted by atomic mass is 32.1. The van der Waals surface area contributed by atoms with E-state index in [0.29, 0.717) is 0 Å². The summed E-state index contributed by atoms with van der Waals surface area (Å²) in [6, 6.07) is 49.0. The van der Waals surface area contributed by atoms with Crippen molar-refractivity contribution in [2.45, 2.75) is 0 Å². The van der Waals surface area contributed by atoms with E-state index in [4.69, 9.17) is 0 Å². The molecule has 3 heteroatoms. The van der Waals surface area contributed by atoms with Crippen molar-refractivity contribution in [2.75, 3.05) is 0 Å². The smallest absolute Gasteiger partial charge is 0.0728 e. The summed E-state index contributed by atoms with van der Waals surface area (Å²) in [7, 11) is 0. The number of rotatable bonds is 2. The second-order valence-corrected chi connectivity index (χ2v) is 12.0. The molecule has 10 aromatic rings. The Kier molecular flexibility index (Phi) is 4.10. The predicted molar refractivity (Wildman–Crippen MR) is 176 cm³/mol. The van der Waals surface area contributed by atoms with E-state index in [-0.39, 0.29) is 0 Å². The molecule has 41 heavy (non-hydrogen) atoms. The van der Waals surface area contributed by atoms with Crippen LogP contribution >= 0.6 is 11.3 Å². The third-order valence-electron chi connectivity index (χ3n) is 8.85. The molecule has 6 aromatic carbocycles. The Bertz CT molecular complexity index is 2630. The molecule has 0 bridgehead atoms. The average molecular weight is 539 g/mol. The van der Waals surface area contributed by atoms with Gasteiger partial charge in [-0.2, -0.15) is 0 Å². The molecule has 0 saturated heterocycles. The first-order valence-corrected chi connectivity index (χ1v) is 14.9. The first kappa shape index (κ1) is 21.7. The Balaban J connectivity index is 1.24. The minimum Gasteiger partial charge on any atom is -0.309 e. The molecular weight excluding hydrogens is 516 g/mol. The molecule has 4 heterocycles. The maximum Gasteiger partial charge on any atom is 0.0728 e. The third kappa shape index (κ3) is 2.76. The van der Waals surface area contributed by atoms with Gasteiger partial charge in [0.05, 0.1) is 32.3 Å². The van der Waals surface area contributed by atoms with Gasteiger partial charge in [0.15, 0.2) is 0 Å². The summed E-state index contributed by atoms with van der Waals surface area (Å²) in [4.78, 5) is 0. The lowest BCUT2D eigenvalue weighted by atomic mass is 10.0. The maximum absolute atomic E-state index is 2.51. The molecule has 0 saturated carbocycles. The monoisotopic (exact) mass is 538 g/mol. The van der Waals surface area contributed by atoms with Gasteiger partial charge in [0.1, 0.15) is 0 Å². The van der Waals surface area contributed by atoms with Crippen LogP contribution < -0.4 is 0 Å². The number of nitrogens with zero attached hydrogens (tertiary/aromatic N) is 2. The maximum atomic E-state index is 2.51. The highest BCUT2D eigenvalue weighted by Crippen LogP contribution is 2.46. The molecule has 0 spiro atoms. The molecule has 10 rings (SSSR count). The van der Waals surface area contributed by atoms with E-state index in [2.05, 4.69) is 142 Å². The summed E-state index contributed by atoms with van der Waals surface area (Å²) >= 11 is 1.91. The van der Waals surface area contributed by atoms with Crippen molar-refractivity contribution < 1.29 is 0 Å². The summed E-state index contributed by atoms with van der Waals surface area (Å²) in [6.45, 7) is 0. The van der Waals surface area contributed by atoms with Crippen LogP contribution in [0, 0.1) is 0 Å². The van der Waals surface area contributed by atoms with Gasteiger partial charge in [-0.25, -0.2) is 0 Å². The first-order valence-electron chi connectivity index (χ1n) is 14.0. The van der Waals surface area contributed by atoms with Gasteiger partial charge in [-0.1, -0.05) is 84.9 Å². The van der Waals surface area contributed by atoms with Gasteiger partial charge in [0.25, 0.3) is 0 Å². The van der Waals surface area contributed by atoms with Crippen LogP contribution in [0.5, 0.6) is 0 Å². The fourth-order valence-electron chi connectivity index (χ4n) is 7.11. The van der Waals surface area contributed by atoms with Gasteiger partial charge in [0, 0.05) is 42.7 Å². The van der Waals surface area contributed by atoms with Crippen LogP contribution in [0.3, 0.4) is 0 Å². The third-order valence-corrected chi connectivity index (χ3v) is 10.0. The van der Waals surface area contributed by atoms with E-state index in [1.165, 1.54) is 86.1 Å². The lowest BCUT2D eigenvalue weighted by molar-refractivity contribution is 1.18. The summed E-state index contributed by atoms with van der Waals surface area (Å²) in [6.07, 6.45) is 0. The van der Waals surface area contributed by atoms with Crippen molar-refractivity contribution in [2.24, 2.45) is 0 Å². The summed E-state index contributed by atoms with van der Waals surface area (Å²) in [5.41, 5.74) is 10.1. The number of para-hydroxylation sites is 3. The standard InChI is InChI=1S/C38H22N2S/c1-2-9-25(10-3-1)39-32-15-6-4-11-26(32)30-21-23(17-19-33(30)39)24-18-20-34-31(22-24)27-13-8-14-29-36(27)40(34)37-28-12-5-7-16-35(28)41-38(29)37/h1-22H. The molecule has 0 fully saturated rings. The van der Waals surface area contributed by atoms with Gasteiger partial charge in [-0.15, -0.1) is 11.3 Å². The molecule has 4 aromatic heterocycles. The first-order chi connectivity index (χ1) is 20.3. The predicted octanol–water partition coefficient (Wildman–Crippen LogP) is 10.8. The Labute approximate surface area is 239 Å². The Morgan fingerprint density at radius 1 is 0.415 bits per heavy atom.